The van der Waals surface area contributed by atoms with Crippen LogP contribution in [0.15, 0.2) is 63.5 Å². The van der Waals surface area contributed by atoms with Gasteiger partial charge in [-0.25, -0.2) is 4.79 Å². The predicted molar refractivity (Wildman–Crippen MR) is 127 cm³/mol. The standard InChI is InChI=1S/C23H20ClN3O4S/c1-14-7-8-19(31-2)17(11-14)25-20(28)13-26-18-9-10-32-21(18)22(29)27(23(26)30)12-15-5-3-4-6-16(15)24/h3-11H,12-13H2,1-2H3,(H,25,28). The van der Waals surface area contributed by atoms with Gasteiger partial charge in [0, 0.05) is 5.02 Å². The zero-order valence-corrected chi connectivity index (χ0v) is 19.0. The van der Waals surface area contributed by atoms with Crippen molar-refractivity contribution in [1.82, 2.24) is 9.13 Å². The summed E-state index contributed by atoms with van der Waals surface area (Å²) in [6.07, 6.45) is 0. The van der Waals surface area contributed by atoms with E-state index in [0.29, 0.717) is 32.2 Å². The highest BCUT2D eigenvalue weighted by Gasteiger charge is 2.18. The zero-order valence-electron chi connectivity index (χ0n) is 17.4. The summed E-state index contributed by atoms with van der Waals surface area (Å²) >= 11 is 7.46. The Bertz CT molecular complexity index is 1440. The third kappa shape index (κ3) is 4.19. The number of amides is 1. The van der Waals surface area contributed by atoms with Gasteiger partial charge in [0.05, 0.1) is 24.9 Å². The SMILES string of the molecule is COc1ccc(C)cc1NC(=O)Cn1c(=O)n(Cc2ccccc2Cl)c(=O)c2sccc21. The number of benzene rings is 2. The molecular weight excluding hydrogens is 450 g/mol. The van der Waals surface area contributed by atoms with Gasteiger partial charge in [-0.15, -0.1) is 11.3 Å². The lowest BCUT2D eigenvalue weighted by Gasteiger charge is -2.14. The molecule has 0 saturated carbocycles. The molecular formula is C23H20ClN3O4S. The molecule has 0 fully saturated rings. The molecule has 2 aromatic heterocycles. The highest BCUT2D eigenvalue weighted by atomic mass is 35.5. The number of nitrogens with one attached hydrogen (secondary N) is 1. The average Bonchev–Trinajstić information content (AvgIpc) is 3.26. The molecule has 32 heavy (non-hydrogen) atoms. The number of ether oxygens (including phenoxy) is 1. The van der Waals surface area contributed by atoms with E-state index in [1.165, 1.54) is 23.0 Å². The molecule has 2 aromatic carbocycles. The van der Waals surface area contributed by atoms with Gasteiger partial charge in [-0.2, -0.15) is 0 Å². The van der Waals surface area contributed by atoms with Crippen LogP contribution < -0.4 is 21.3 Å². The number of aryl methyl sites for hydroxylation is 1. The minimum absolute atomic E-state index is 0.0124. The first-order chi connectivity index (χ1) is 15.4. The lowest BCUT2D eigenvalue weighted by Crippen LogP contribution is -2.41. The normalized spacial score (nSPS) is 11.0. The molecule has 164 valence electrons. The Balaban J connectivity index is 1.73. The van der Waals surface area contributed by atoms with E-state index in [1.54, 1.807) is 47.8 Å². The van der Waals surface area contributed by atoms with Crippen LogP contribution in [0.2, 0.25) is 5.02 Å². The summed E-state index contributed by atoms with van der Waals surface area (Å²) in [4.78, 5) is 39.1. The predicted octanol–water partition coefficient (Wildman–Crippen LogP) is 3.88. The number of rotatable bonds is 6. The lowest BCUT2D eigenvalue weighted by molar-refractivity contribution is -0.116. The Labute approximate surface area is 192 Å². The average molecular weight is 470 g/mol. The molecule has 0 spiro atoms. The van der Waals surface area contributed by atoms with Crippen molar-refractivity contribution >= 4 is 44.7 Å². The summed E-state index contributed by atoms with van der Waals surface area (Å²) < 4.78 is 8.13. The van der Waals surface area contributed by atoms with Crippen LogP contribution >= 0.6 is 22.9 Å². The Morgan fingerprint density at radius 1 is 1.12 bits per heavy atom. The number of aromatic nitrogens is 2. The van der Waals surface area contributed by atoms with E-state index in [2.05, 4.69) is 5.32 Å². The van der Waals surface area contributed by atoms with Crippen molar-refractivity contribution < 1.29 is 9.53 Å². The van der Waals surface area contributed by atoms with Crippen molar-refractivity contribution in [3.05, 3.63) is 90.9 Å². The van der Waals surface area contributed by atoms with Gasteiger partial charge in [0.2, 0.25) is 5.91 Å². The van der Waals surface area contributed by atoms with Crippen LogP contribution in [0.25, 0.3) is 10.2 Å². The fraction of sp³-hybridized carbons (Fsp3) is 0.174. The number of thiophene rings is 1. The molecule has 0 unspecified atom stereocenters. The number of anilines is 1. The van der Waals surface area contributed by atoms with Gasteiger partial charge in [-0.1, -0.05) is 35.9 Å². The molecule has 0 aliphatic carbocycles. The molecule has 1 amide bonds. The van der Waals surface area contributed by atoms with E-state index in [9.17, 15) is 14.4 Å². The van der Waals surface area contributed by atoms with E-state index in [-0.39, 0.29) is 13.1 Å². The molecule has 7 nitrogen and oxygen atoms in total. The van der Waals surface area contributed by atoms with Crippen molar-refractivity contribution in [3.8, 4) is 5.75 Å². The van der Waals surface area contributed by atoms with Crippen LogP contribution in [0.4, 0.5) is 5.69 Å². The van der Waals surface area contributed by atoms with Gasteiger partial charge in [-0.3, -0.25) is 18.7 Å². The van der Waals surface area contributed by atoms with Crippen LogP contribution in [0.1, 0.15) is 11.1 Å². The third-order valence-corrected chi connectivity index (χ3v) is 6.31. The third-order valence-electron chi connectivity index (χ3n) is 5.05. The smallest absolute Gasteiger partial charge is 0.332 e. The number of methoxy groups -OCH3 is 1. The topological polar surface area (TPSA) is 82.3 Å². The second-order valence-corrected chi connectivity index (χ2v) is 8.56. The second-order valence-electron chi connectivity index (χ2n) is 7.24. The van der Waals surface area contributed by atoms with E-state index < -0.39 is 17.2 Å². The van der Waals surface area contributed by atoms with Gasteiger partial charge in [0.15, 0.2) is 0 Å². The molecule has 0 aliphatic rings. The first-order valence-electron chi connectivity index (χ1n) is 9.77. The second kappa shape index (κ2) is 9.02. The number of carbonyl (C=O) groups excluding carboxylic acids is 1. The van der Waals surface area contributed by atoms with Crippen LogP contribution in [0, 0.1) is 6.92 Å². The largest absolute Gasteiger partial charge is 0.495 e. The molecule has 0 atom stereocenters. The van der Waals surface area contributed by atoms with Gasteiger partial charge in [-0.05, 0) is 47.7 Å². The Kier molecular flexibility index (Phi) is 6.16. The quantitative estimate of drug-likeness (QED) is 0.464. The Morgan fingerprint density at radius 3 is 2.66 bits per heavy atom. The molecule has 4 rings (SSSR count). The maximum Gasteiger partial charge on any atom is 0.332 e. The number of halogens is 1. The number of carbonyl (C=O) groups is 1. The summed E-state index contributed by atoms with van der Waals surface area (Å²) in [5.74, 6) is 0.104. The number of nitrogens with zero attached hydrogens (tertiary/aromatic N) is 2. The number of hydrogen-bond donors (Lipinski definition) is 1. The van der Waals surface area contributed by atoms with Crippen molar-refractivity contribution in [1.29, 1.82) is 0 Å². The maximum absolute atomic E-state index is 13.3. The highest BCUT2D eigenvalue weighted by Crippen LogP contribution is 2.25. The zero-order chi connectivity index (χ0) is 22.8. The Morgan fingerprint density at radius 2 is 1.91 bits per heavy atom. The summed E-state index contributed by atoms with van der Waals surface area (Å²) in [5, 5.41) is 4.98. The van der Waals surface area contributed by atoms with Crippen LogP contribution in [-0.2, 0) is 17.9 Å². The van der Waals surface area contributed by atoms with Crippen molar-refractivity contribution in [3.63, 3.8) is 0 Å². The maximum atomic E-state index is 13.3. The summed E-state index contributed by atoms with van der Waals surface area (Å²) in [5.41, 5.74) is 1.55. The van der Waals surface area contributed by atoms with Crippen molar-refractivity contribution in [2.75, 3.05) is 12.4 Å². The van der Waals surface area contributed by atoms with Crippen LogP contribution in [0.5, 0.6) is 5.75 Å². The molecule has 0 saturated heterocycles. The minimum Gasteiger partial charge on any atom is -0.495 e. The number of hydrogen-bond acceptors (Lipinski definition) is 5. The summed E-state index contributed by atoms with van der Waals surface area (Å²) in [7, 11) is 1.52. The van der Waals surface area contributed by atoms with Crippen molar-refractivity contribution in [2.24, 2.45) is 0 Å². The molecule has 2 heterocycles. The monoisotopic (exact) mass is 469 g/mol. The van der Waals surface area contributed by atoms with E-state index in [1.807, 2.05) is 13.0 Å². The first-order valence-corrected chi connectivity index (χ1v) is 11.0. The van der Waals surface area contributed by atoms with Crippen LogP contribution in [-0.4, -0.2) is 22.2 Å². The van der Waals surface area contributed by atoms with E-state index in [0.717, 1.165) is 10.1 Å². The highest BCUT2D eigenvalue weighted by molar-refractivity contribution is 7.17. The van der Waals surface area contributed by atoms with Gasteiger partial charge < -0.3 is 10.1 Å². The Hall–Kier alpha value is -3.36. The molecule has 4 aromatic rings. The lowest BCUT2D eigenvalue weighted by atomic mass is 10.2. The fourth-order valence-corrected chi connectivity index (χ4v) is 4.51. The summed E-state index contributed by atoms with van der Waals surface area (Å²) in [6.45, 7) is 1.66. The molecule has 1 N–H and O–H groups in total. The summed E-state index contributed by atoms with van der Waals surface area (Å²) in [6, 6.07) is 14.1. The van der Waals surface area contributed by atoms with Gasteiger partial charge in [0.1, 0.15) is 17.0 Å². The molecule has 0 bridgehead atoms. The molecule has 0 radical (unpaired) electrons. The number of fused-ring (bicyclic) bond motifs is 1. The minimum atomic E-state index is -0.577. The molecule has 0 aliphatic heterocycles. The van der Waals surface area contributed by atoms with Gasteiger partial charge >= 0.3 is 5.69 Å². The van der Waals surface area contributed by atoms with E-state index in [4.69, 9.17) is 16.3 Å². The van der Waals surface area contributed by atoms with Gasteiger partial charge in [0.25, 0.3) is 5.56 Å². The molecule has 9 heteroatoms. The van der Waals surface area contributed by atoms with Crippen LogP contribution in [0.3, 0.4) is 0 Å². The first kappa shape index (κ1) is 21.9. The van der Waals surface area contributed by atoms with E-state index >= 15 is 0 Å². The fourth-order valence-electron chi connectivity index (χ4n) is 3.48. The van der Waals surface area contributed by atoms with Crippen molar-refractivity contribution in [2.45, 2.75) is 20.0 Å².